The van der Waals surface area contributed by atoms with Crippen molar-refractivity contribution in [3.05, 3.63) is 81.7 Å². The van der Waals surface area contributed by atoms with Gasteiger partial charge in [-0.3, -0.25) is 4.79 Å². The van der Waals surface area contributed by atoms with Crippen molar-refractivity contribution >= 4 is 32.3 Å². The van der Waals surface area contributed by atoms with E-state index in [1.54, 1.807) is 0 Å². The van der Waals surface area contributed by atoms with Crippen molar-refractivity contribution in [1.29, 1.82) is 5.26 Å². The Hall–Kier alpha value is -2.99. The second-order valence-electron chi connectivity index (χ2n) is 7.75. The summed E-state index contributed by atoms with van der Waals surface area (Å²) in [6.07, 6.45) is 3.96. The quantitative estimate of drug-likeness (QED) is 0.577. The first-order chi connectivity index (χ1) is 15.4. The molecule has 4 rings (SSSR count). The van der Waals surface area contributed by atoms with Crippen LogP contribution in [0.1, 0.15) is 44.8 Å². The third-order valence-corrected chi connectivity index (χ3v) is 8.61. The van der Waals surface area contributed by atoms with Gasteiger partial charge in [0.2, 0.25) is 10.0 Å². The number of carbonyl (C=O) groups excluding carboxylic acids is 1. The molecule has 0 saturated carbocycles. The van der Waals surface area contributed by atoms with E-state index in [1.807, 2.05) is 30.3 Å². The van der Waals surface area contributed by atoms with Crippen molar-refractivity contribution in [2.75, 3.05) is 12.4 Å². The average Bonchev–Trinajstić information content (AvgIpc) is 3.16. The molecule has 1 aliphatic rings. The smallest absolute Gasteiger partial charge is 0.256 e. The predicted octanol–water partition coefficient (Wildman–Crippen LogP) is 4.57. The van der Waals surface area contributed by atoms with Crippen LogP contribution in [0.25, 0.3) is 0 Å². The maximum atomic E-state index is 12.9. The maximum Gasteiger partial charge on any atom is 0.256 e. The molecule has 2 aromatic carbocycles. The summed E-state index contributed by atoms with van der Waals surface area (Å²) in [6, 6.07) is 17.5. The van der Waals surface area contributed by atoms with Gasteiger partial charge in [-0.15, -0.1) is 11.3 Å². The molecule has 1 aliphatic carbocycles. The normalized spacial score (nSPS) is 13.4. The van der Waals surface area contributed by atoms with Gasteiger partial charge in [-0.05, 0) is 61.1 Å². The summed E-state index contributed by atoms with van der Waals surface area (Å²) < 4.78 is 27.1. The highest BCUT2D eigenvalue weighted by Gasteiger charge is 2.23. The number of amides is 1. The average molecular weight is 466 g/mol. The molecule has 0 aliphatic heterocycles. The minimum absolute atomic E-state index is 0.122. The number of nitriles is 1. The number of nitrogens with zero attached hydrogens (tertiary/aromatic N) is 2. The molecule has 0 radical (unpaired) electrons. The third kappa shape index (κ3) is 4.46. The Balaban J connectivity index is 1.49. The molecule has 32 heavy (non-hydrogen) atoms. The highest BCUT2D eigenvalue weighted by Crippen LogP contribution is 2.37. The molecule has 1 amide bonds. The van der Waals surface area contributed by atoms with Crippen LogP contribution < -0.4 is 5.32 Å². The summed E-state index contributed by atoms with van der Waals surface area (Å²) in [5.74, 6) is -0.360. The summed E-state index contributed by atoms with van der Waals surface area (Å²) in [5.41, 5.74) is 2.84. The van der Waals surface area contributed by atoms with Crippen molar-refractivity contribution < 1.29 is 13.2 Å². The van der Waals surface area contributed by atoms with Crippen molar-refractivity contribution in [2.45, 2.75) is 37.1 Å². The lowest BCUT2D eigenvalue weighted by Gasteiger charge is -2.17. The van der Waals surface area contributed by atoms with Crippen LogP contribution in [0.5, 0.6) is 0 Å². The number of aryl methyl sites for hydroxylation is 1. The van der Waals surface area contributed by atoms with Gasteiger partial charge in [0.15, 0.2) is 0 Å². The minimum Gasteiger partial charge on any atom is -0.312 e. The molecular weight excluding hydrogens is 442 g/mol. The Kier molecular flexibility index (Phi) is 6.42. The Morgan fingerprint density at radius 3 is 2.47 bits per heavy atom. The second kappa shape index (κ2) is 9.25. The number of nitrogens with one attached hydrogen (secondary N) is 1. The molecule has 3 aromatic rings. The van der Waals surface area contributed by atoms with Crippen molar-refractivity contribution in [1.82, 2.24) is 4.31 Å². The van der Waals surface area contributed by atoms with Crippen LogP contribution in [0.2, 0.25) is 0 Å². The standard InChI is InChI=1S/C24H23N3O3S2/c1-27(16-17-7-3-2-4-8-17)32(29,30)19-13-11-18(12-14-19)23(28)26-24-21(15-25)20-9-5-6-10-22(20)31-24/h2-4,7-8,11-14H,5-6,9-10,16H2,1H3,(H,26,28). The lowest BCUT2D eigenvalue weighted by molar-refractivity contribution is 0.102. The molecule has 0 spiro atoms. The Labute approximate surface area is 192 Å². The van der Waals surface area contributed by atoms with Crippen molar-refractivity contribution in [3.63, 3.8) is 0 Å². The number of anilines is 1. The van der Waals surface area contributed by atoms with E-state index in [4.69, 9.17) is 0 Å². The Morgan fingerprint density at radius 2 is 1.78 bits per heavy atom. The number of hydrogen-bond donors (Lipinski definition) is 1. The van der Waals surface area contributed by atoms with Crippen LogP contribution in [-0.4, -0.2) is 25.7 Å². The van der Waals surface area contributed by atoms with Gasteiger partial charge in [-0.2, -0.15) is 9.57 Å². The molecule has 1 N–H and O–H groups in total. The fourth-order valence-electron chi connectivity index (χ4n) is 3.83. The molecule has 0 fully saturated rings. The maximum absolute atomic E-state index is 12.9. The topological polar surface area (TPSA) is 90.3 Å². The first kappa shape index (κ1) is 22.2. The number of carbonyl (C=O) groups is 1. The molecule has 6 nitrogen and oxygen atoms in total. The van der Waals surface area contributed by atoms with Gasteiger partial charge in [-0.25, -0.2) is 8.42 Å². The number of hydrogen-bond acceptors (Lipinski definition) is 5. The number of thiophene rings is 1. The first-order valence-electron chi connectivity index (χ1n) is 10.4. The SMILES string of the molecule is CN(Cc1ccccc1)S(=O)(=O)c1ccc(C(=O)Nc2sc3c(c2C#N)CCCC3)cc1. The molecule has 0 atom stereocenters. The van der Waals surface area contributed by atoms with E-state index < -0.39 is 10.0 Å². The van der Waals surface area contributed by atoms with E-state index >= 15 is 0 Å². The van der Waals surface area contributed by atoms with Crippen molar-refractivity contribution in [2.24, 2.45) is 0 Å². The van der Waals surface area contributed by atoms with E-state index in [2.05, 4.69) is 11.4 Å². The number of fused-ring (bicyclic) bond motifs is 1. The predicted molar refractivity (Wildman–Crippen MR) is 125 cm³/mol. The Morgan fingerprint density at radius 1 is 1.09 bits per heavy atom. The minimum atomic E-state index is -3.69. The Bertz CT molecular complexity index is 1270. The molecule has 0 saturated heterocycles. The van der Waals surface area contributed by atoms with Crippen LogP contribution in [0, 0.1) is 11.3 Å². The number of sulfonamides is 1. The van der Waals surface area contributed by atoms with Gasteiger partial charge in [-0.1, -0.05) is 30.3 Å². The summed E-state index contributed by atoms with van der Waals surface area (Å²) in [7, 11) is -2.16. The zero-order chi connectivity index (χ0) is 22.7. The first-order valence-corrected chi connectivity index (χ1v) is 12.6. The molecule has 164 valence electrons. The highest BCUT2D eigenvalue weighted by atomic mass is 32.2. The molecule has 0 bridgehead atoms. The van der Waals surface area contributed by atoms with Gasteiger partial charge in [0.25, 0.3) is 5.91 Å². The van der Waals surface area contributed by atoms with Crippen LogP contribution >= 0.6 is 11.3 Å². The van der Waals surface area contributed by atoms with E-state index in [9.17, 15) is 18.5 Å². The molecule has 0 unspecified atom stereocenters. The van der Waals surface area contributed by atoms with E-state index in [0.29, 0.717) is 16.1 Å². The summed E-state index contributed by atoms with van der Waals surface area (Å²) in [6.45, 7) is 0.255. The zero-order valence-electron chi connectivity index (χ0n) is 17.7. The van der Waals surface area contributed by atoms with Gasteiger partial charge < -0.3 is 5.32 Å². The summed E-state index contributed by atoms with van der Waals surface area (Å²) >= 11 is 1.46. The fourth-order valence-corrected chi connectivity index (χ4v) is 6.22. The van der Waals surface area contributed by atoms with Gasteiger partial charge in [0.1, 0.15) is 11.1 Å². The monoisotopic (exact) mass is 465 g/mol. The highest BCUT2D eigenvalue weighted by molar-refractivity contribution is 7.89. The van der Waals surface area contributed by atoms with E-state index in [0.717, 1.165) is 36.8 Å². The zero-order valence-corrected chi connectivity index (χ0v) is 19.3. The number of rotatable bonds is 6. The molecule has 8 heteroatoms. The second-order valence-corrected chi connectivity index (χ2v) is 10.9. The van der Waals surface area contributed by atoms with E-state index in [1.165, 1.54) is 51.8 Å². The van der Waals surface area contributed by atoms with Crippen LogP contribution in [0.15, 0.2) is 59.5 Å². The van der Waals surface area contributed by atoms with Crippen LogP contribution in [-0.2, 0) is 29.4 Å². The van der Waals surface area contributed by atoms with E-state index in [-0.39, 0.29) is 17.3 Å². The lowest BCUT2D eigenvalue weighted by Crippen LogP contribution is -2.26. The van der Waals surface area contributed by atoms with Gasteiger partial charge in [0.05, 0.1) is 10.5 Å². The van der Waals surface area contributed by atoms with Gasteiger partial charge in [0, 0.05) is 24.0 Å². The molecular formula is C24H23N3O3S2. The van der Waals surface area contributed by atoms with Crippen molar-refractivity contribution in [3.8, 4) is 6.07 Å². The number of benzene rings is 2. The summed E-state index contributed by atoms with van der Waals surface area (Å²) in [5, 5.41) is 13.0. The third-order valence-electron chi connectivity index (χ3n) is 5.58. The van der Waals surface area contributed by atoms with Gasteiger partial charge >= 0.3 is 0 Å². The van der Waals surface area contributed by atoms with Crippen LogP contribution in [0.4, 0.5) is 5.00 Å². The lowest BCUT2D eigenvalue weighted by atomic mass is 9.96. The largest absolute Gasteiger partial charge is 0.312 e. The molecule has 1 aromatic heterocycles. The molecule has 1 heterocycles. The summed E-state index contributed by atoms with van der Waals surface area (Å²) in [4.78, 5) is 14.1. The van der Waals surface area contributed by atoms with Crippen LogP contribution in [0.3, 0.4) is 0 Å². The fraction of sp³-hybridized carbons (Fsp3) is 0.250.